The minimum Gasteiger partial charge on any atom is -0.256 e. The van der Waals surface area contributed by atoms with Crippen molar-refractivity contribution in [2.45, 2.75) is 0 Å². The maximum absolute atomic E-state index is 5.50. The van der Waals surface area contributed by atoms with Crippen LogP contribution in [0.25, 0.3) is 10.9 Å². The second kappa shape index (κ2) is 4.74. The van der Waals surface area contributed by atoms with Crippen molar-refractivity contribution in [1.29, 1.82) is 11.1 Å². The molecule has 2 rings (SSSR count). The van der Waals surface area contributed by atoms with Gasteiger partial charge >= 0.3 is 0 Å². The molecule has 2 N–H and O–H groups in total. The molecule has 0 atom stereocenters. The van der Waals surface area contributed by atoms with E-state index in [9.17, 15) is 0 Å². The molecule has 0 spiro atoms. The molecule has 13 heavy (non-hydrogen) atoms. The number of pyridine rings is 1. The fourth-order valence-electron chi connectivity index (χ4n) is 1.02. The molecule has 1 heterocycles. The summed E-state index contributed by atoms with van der Waals surface area (Å²) in [5.41, 5.74) is 12.1. The van der Waals surface area contributed by atoms with E-state index in [-0.39, 0.29) is 0 Å². The number of aromatic nitrogens is 1. The van der Waals surface area contributed by atoms with Crippen molar-refractivity contribution in [3.63, 3.8) is 0 Å². The standard InChI is InChI=1S/C9H7N.H2N3/c1-2-6-9-8(4-1)5-3-7-10-9;1-3-2/h1-7H;1-2H/q;+1. The topological polar surface area (TPSA) is 74.7 Å². The second-order valence-corrected chi connectivity index (χ2v) is 2.31. The molecule has 0 bridgehead atoms. The summed E-state index contributed by atoms with van der Waals surface area (Å²) in [4.78, 5) is 6.18. The van der Waals surface area contributed by atoms with Crippen molar-refractivity contribution >= 4 is 10.9 Å². The van der Waals surface area contributed by atoms with Crippen LogP contribution in [0.15, 0.2) is 42.6 Å². The lowest BCUT2D eigenvalue weighted by atomic mass is 10.2. The third-order valence-electron chi connectivity index (χ3n) is 1.51. The van der Waals surface area contributed by atoms with E-state index in [1.54, 1.807) is 0 Å². The number of nitrogens with one attached hydrogen (secondary N) is 2. The van der Waals surface area contributed by atoms with Gasteiger partial charge in [0.05, 0.1) is 5.52 Å². The Kier molecular flexibility index (Phi) is 3.30. The van der Waals surface area contributed by atoms with Gasteiger partial charge in [-0.15, -0.1) is 0 Å². The van der Waals surface area contributed by atoms with E-state index in [4.69, 9.17) is 11.1 Å². The maximum Gasteiger partial charge on any atom is 0.211 e. The van der Waals surface area contributed by atoms with Crippen LogP contribution in [0.1, 0.15) is 0 Å². The number of fused-ring (bicyclic) bond motifs is 1. The number of para-hydroxylation sites is 1. The van der Waals surface area contributed by atoms with Crippen LogP contribution in [0.5, 0.6) is 0 Å². The fourth-order valence-corrected chi connectivity index (χ4v) is 1.02. The highest BCUT2D eigenvalue weighted by molar-refractivity contribution is 5.77. The Hall–Kier alpha value is -2.06. The van der Waals surface area contributed by atoms with E-state index in [0.717, 1.165) is 5.52 Å². The Morgan fingerprint density at radius 1 is 1.00 bits per heavy atom. The zero-order chi connectivity index (χ0) is 9.52. The van der Waals surface area contributed by atoms with Crippen LogP contribution < -0.4 is 4.91 Å². The quantitative estimate of drug-likeness (QED) is 0.465. The molecule has 0 fully saturated rings. The second-order valence-electron chi connectivity index (χ2n) is 2.31. The summed E-state index contributed by atoms with van der Waals surface area (Å²) in [6, 6.07) is 12.1. The molecule has 0 aliphatic heterocycles. The van der Waals surface area contributed by atoms with Gasteiger partial charge in [0.2, 0.25) is 4.91 Å². The van der Waals surface area contributed by atoms with E-state index in [1.165, 1.54) is 5.39 Å². The third-order valence-corrected chi connectivity index (χ3v) is 1.51. The minimum atomic E-state index is 1.06. The normalized spacial score (nSPS) is 8.31. The van der Waals surface area contributed by atoms with E-state index < -0.39 is 0 Å². The first-order valence-corrected chi connectivity index (χ1v) is 3.71. The number of rotatable bonds is 0. The summed E-state index contributed by atoms with van der Waals surface area (Å²) >= 11 is 0. The maximum atomic E-state index is 5.50. The van der Waals surface area contributed by atoms with Gasteiger partial charge in [-0.3, -0.25) is 4.98 Å². The van der Waals surface area contributed by atoms with Gasteiger partial charge < -0.3 is 0 Å². The monoisotopic (exact) mass is 173 g/mol. The highest BCUT2D eigenvalue weighted by Gasteiger charge is 1.86. The molecule has 64 valence electrons. The molecule has 0 aliphatic carbocycles. The average molecular weight is 173 g/mol. The zero-order valence-electron chi connectivity index (χ0n) is 6.94. The average Bonchev–Trinajstić information content (AvgIpc) is 2.19. The Morgan fingerprint density at radius 2 is 1.62 bits per heavy atom. The summed E-state index contributed by atoms with van der Waals surface area (Å²) in [6.45, 7) is 0. The van der Waals surface area contributed by atoms with Crippen molar-refractivity contribution < 1.29 is 0 Å². The smallest absolute Gasteiger partial charge is 0.211 e. The van der Waals surface area contributed by atoms with Crippen LogP contribution in [-0.4, -0.2) is 4.98 Å². The highest BCUT2D eigenvalue weighted by atomic mass is 15.0. The largest absolute Gasteiger partial charge is 0.256 e. The van der Waals surface area contributed by atoms with E-state index in [0.29, 0.717) is 0 Å². The molecular formula is C9H9N4+. The van der Waals surface area contributed by atoms with Gasteiger partial charge in [0.1, 0.15) is 11.1 Å². The molecule has 0 aliphatic rings. The first-order chi connectivity index (χ1) is 6.38. The van der Waals surface area contributed by atoms with Crippen molar-refractivity contribution in [2.24, 2.45) is 0 Å². The molecule has 0 saturated carbocycles. The predicted molar refractivity (Wildman–Crippen MR) is 49.3 cm³/mol. The summed E-state index contributed by atoms with van der Waals surface area (Å²) < 4.78 is 0. The Bertz CT molecular complexity index is 353. The minimum absolute atomic E-state index is 1.06. The first-order valence-electron chi connectivity index (χ1n) is 3.71. The molecule has 4 heteroatoms. The molecule has 1 aromatic carbocycles. The van der Waals surface area contributed by atoms with Crippen LogP contribution in [-0.2, 0) is 0 Å². The van der Waals surface area contributed by atoms with Gasteiger partial charge in [-0.2, -0.15) is 0 Å². The van der Waals surface area contributed by atoms with Crippen molar-refractivity contribution in [3.05, 3.63) is 42.6 Å². The van der Waals surface area contributed by atoms with Gasteiger partial charge in [-0.1, -0.05) is 24.3 Å². The van der Waals surface area contributed by atoms with Crippen LogP contribution in [0.2, 0.25) is 0 Å². The van der Waals surface area contributed by atoms with Crippen LogP contribution in [0.3, 0.4) is 0 Å². The van der Waals surface area contributed by atoms with Crippen molar-refractivity contribution in [2.75, 3.05) is 0 Å². The molecule has 4 nitrogen and oxygen atoms in total. The number of hydrogen-bond acceptors (Lipinski definition) is 3. The third kappa shape index (κ3) is 2.47. The van der Waals surface area contributed by atoms with Crippen LogP contribution in [0.4, 0.5) is 0 Å². The van der Waals surface area contributed by atoms with Gasteiger partial charge in [-0.25, -0.2) is 0 Å². The number of benzene rings is 1. The lowest BCUT2D eigenvalue weighted by Gasteiger charge is -1.91. The van der Waals surface area contributed by atoms with Gasteiger partial charge in [0, 0.05) is 11.6 Å². The number of hydrogen-bond donors (Lipinski definition) is 2. The van der Waals surface area contributed by atoms with E-state index in [2.05, 4.69) is 17.1 Å². The molecule has 1 aromatic heterocycles. The van der Waals surface area contributed by atoms with Crippen LogP contribution >= 0.6 is 0 Å². The molecule has 0 saturated heterocycles. The molecule has 0 unspecified atom stereocenters. The first kappa shape index (κ1) is 9.03. The highest BCUT2D eigenvalue weighted by Crippen LogP contribution is 2.07. The Balaban J connectivity index is 0.000000251. The molecule has 0 radical (unpaired) electrons. The van der Waals surface area contributed by atoms with Gasteiger partial charge in [0.15, 0.2) is 0 Å². The SMILES string of the molecule is N=[N+]=N.c1ccc2ncccc2c1. The lowest BCUT2D eigenvalue weighted by molar-refractivity contribution is 0.928. The Labute approximate surface area is 75.3 Å². The van der Waals surface area contributed by atoms with Crippen molar-refractivity contribution in [1.82, 2.24) is 9.90 Å². The summed E-state index contributed by atoms with van der Waals surface area (Å²) in [5.74, 6) is 0. The predicted octanol–water partition coefficient (Wildman–Crippen LogP) is 2.35. The number of nitrogens with zero attached hydrogens (tertiary/aromatic N) is 2. The van der Waals surface area contributed by atoms with Crippen LogP contribution in [0, 0.1) is 11.1 Å². The van der Waals surface area contributed by atoms with Crippen molar-refractivity contribution in [3.8, 4) is 0 Å². The Morgan fingerprint density at radius 3 is 2.31 bits per heavy atom. The summed E-state index contributed by atoms with van der Waals surface area (Å²) in [5, 5.41) is 1.20. The fraction of sp³-hybridized carbons (Fsp3) is 0. The molecular weight excluding hydrogens is 164 g/mol. The molecule has 0 amide bonds. The lowest BCUT2D eigenvalue weighted by Crippen LogP contribution is -1.73. The zero-order valence-corrected chi connectivity index (χ0v) is 6.94. The van der Waals surface area contributed by atoms with Gasteiger partial charge in [-0.05, 0) is 12.1 Å². The van der Waals surface area contributed by atoms with E-state index in [1.807, 2.05) is 35.4 Å². The van der Waals surface area contributed by atoms with Gasteiger partial charge in [0.25, 0.3) is 0 Å². The van der Waals surface area contributed by atoms with E-state index >= 15 is 0 Å². The summed E-state index contributed by atoms with van der Waals surface area (Å²) in [7, 11) is 0. The summed E-state index contributed by atoms with van der Waals surface area (Å²) in [6.07, 6.45) is 1.81. The molecule has 2 aromatic rings.